The number of aliphatic hydroxyl groups excluding tert-OH is 1. The predicted octanol–water partition coefficient (Wildman–Crippen LogP) is 1.84. The van der Waals surface area contributed by atoms with Crippen LogP contribution in [0.5, 0.6) is 0 Å². The van der Waals surface area contributed by atoms with Gasteiger partial charge in [0.1, 0.15) is 5.69 Å². The lowest BCUT2D eigenvalue weighted by Gasteiger charge is -2.15. The van der Waals surface area contributed by atoms with Crippen molar-refractivity contribution < 1.29 is 5.11 Å². The van der Waals surface area contributed by atoms with E-state index in [9.17, 15) is 5.11 Å². The third-order valence-corrected chi connectivity index (χ3v) is 4.07. The highest BCUT2D eigenvalue weighted by atomic mass is 16.3. The first-order valence-corrected chi connectivity index (χ1v) is 7.60. The normalized spacial score (nSPS) is 15.7. The third kappa shape index (κ3) is 3.14. The molecule has 2 heterocycles. The molecular formula is C16H22N4O. The fraction of sp³-hybridized carbons (Fsp3) is 0.500. The Hall–Kier alpha value is -1.72. The molecule has 1 N–H and O–H groups in total. The summed E-state index contributed by atoms with van der Waals surface area (Å²) >= 11 is 0. The Labute approximate surface area is 125 Å². The lowest BCUT2D eigenvalue weighted by molar-refractivity contribution is 0.277. The zero-order chi connectivity index (χ0) is 14.7. The van der Waals surface area contributed by atoms with Crippen LogP contribution in [0, 0.1) is 6.92 Å². The monoisotopic (exact) mass is 286 g/mol. The van der Waals surface area contributed by atoms with Crippen molar-refractivity contribution in [1.82, 2.24) is 19.9 Å². The second-order valence-electron chi connectivity index (χ2n) is 5.68. The second kappa shape index (κ2) is 6.37. The van der Waals surface area contributed by atoms with E-state index in [-0.39, 0.29) is 6.61 Å². The number of aryl methyl sites for hydroxylation is 1. The van der Waals surface area contributed by atoms with Gasteiger partial charge in [0, 0.05) is 12.1 Å². The molecule has 0 amide bonds. The SMILES string of the molecule is Cc1cccc(-c2c(CO)nnn2CCN2CCCC2)c1. The molecule has 0 saturated carbocycles. The molecule has 3 rings (SSSR count). The summed E-state index contributed by atoms with van der Waals surface area (Å²) in [6.07, 6.45) is 2.59. The average Bonchev–Trinajstić information content (AvgIpc) is 3.14. The Balaban J connectivity index is 1.85. The molecule has 0 spiro atoms. The van der Waals surface area contributed by atoms with Crippen LogP contribution in [0.15, 0.2) is 24.3 Å². The van der Waals surface area contributed by atoms with E-state index in [2.05, 4.69) is 40.3 Å². The summed E-state index contributed by atoms with van der Waals surface area (Å²) in [6, 6.07) is 8.27. The molecule has 0 bridgehead atoms. The van der Waals surface area contributed by atoms with Crippen molar-refractivity contribution >= 4 is 0 Å². The van der Waals surface area contributed by atoms with Gasteiger partial charge in [0.2, 0.25) is 0 Å². The molecule has 112 valence electrons. The highest BCUT2D eigenvalue weighted by Gasteiger charge is 2.16. The van der Waals surface area contributed by atoms with Crippen molar-refractivity contribution in [3.63, 3.8) is 0 Å². The summed E-state index contributed by atoms with van der Waals surface area (Å²) < 4.78 is 1.93. The molecule has 0 atom stereocenters. The molecule has 1 aliphatic rings. The maximum atomic E-state index is 9.52. The van der Waals surface area contributed by atoms with E-state index in [0.717, 1.165) is 24.3 Å². The lowest BCUT2D eigenvalue weighted by Crippen LogP contribution is -2.24. The van der Waals surface area contributed by atoms with Gasteiger partial charge < -0.3 is 10.0 Å². The molecule has 0 radical (unpaired) electrons. The number of hydrogen-bond donors (Lipinski definition) is 1. The van der Waals surface area contributed by atoms with E-state index in [1.54, 1.807) is 0 Å². The van der Waals surface area contributed by atoms with Crippen molar-refractivity contribution in [3.8, 4) is 11.3 Å². The largest absolute Gasteiger partial charge is 0.390 e. The lowest BCUT2D eigenvalue weighted by atomic mass is 10.1. The predicted molar refractivity (Wildman–Crippen MR) is 81.8 cm³/mol. The van der Waals surface area contributed by atoms with Crippen molar-refractivity contribution in [2.45, 2.75) is 32.9 Å². The number of nitrogens with zero attached hydrogens (tertiary/aromatic N) is 4. The Morgan fingerprint density at radius 2 is 2.00 bits per heavy atom. The number of likely N-dealkylation sites (tertiary alicyclic amines) is 1. The van der Waals surface area contributed by atoms with Crippen LogP contribution in [-0.4, -0.2) is 44.6 Å². The second-order valence-corrected chi connectivity index (χ2v) is 5.68. The van der Waals surface area contributed by atoms with Crippen molar-refractivity contribution in [2.24, 2.45) is 0 Å². The summed E-state index contributed by atoms with van der Waals surface area (Å²) in [5, 5.41) is 17.9. The third-order valence-electron chi connectivity index (χ3n) is 4.07. The zero-order valence-electron chi connectivity index (χ0n) is 12.5. The van der Waals surface area contributed by atoms with Crippen LogP contribution >= 0.6 is 0 Å². The minimum absolute atomic E-state index is 0.0764. The molecule has 5 heteroatoms. The van der Waals surface area contributed by atoms with Gasteiger partial charge in [-0.15, -0.1) is 5.10 Å². The molecular weight excluding hydrogens is 264 g/mol. The fourth-order valence-corrected chi connectivity index (χ4v) is 2.96. The molecule has 2 aromatic rings. The van der Waals surface area contributed by atoms with Crippen LogP contribution in [0.1, 0.15) is 24.1 Å². The van der Waals surface area contributed by atoms with Gasteiger partial charge in [0.25, 0.3) is 0 Å². The summed E-state index contributed by atoms with van der Waals surface area (Å²) in [6.45, 7) is 6.17. The van der Waals surface area contributed by atoms with E-state index >= 15 is 0 Å². The van der Waals surface area contributed by atoms with E-state index in [1.165, 1.54) is 31.5 Å². The number of rotatable bonds is 5. The Morgan fingerprint density at radius 1 is 1.19 bits per heavy atom. The molecule has 1 aliphatic heterocycles. The van der Waals surface area contributed by atoms with E-state index < -0.39 is 0 Å². The molecule has 21 heavy (non-hydrogen) atoms. The Morgan fingerprint density at radius 3 is 2.71 bits per heavy atom. The average molecular weight is 286 g/mol. The topological polar surface area (TPSA) is 54.2 Å². The summed E-state index contributed by atoms with van der Waals surface area (Å²) in [5.41, 5.74) is 3.87. The minimum atomic E-state index is -0.0764. The summed E-state index contributed by atoms with van der Waals surface area (Å²) in [7, 11) is 0. The quantitative estimate of drug-likeness (QED) is 0.911. The van der Waals surface area contributed by atoms with E-state index in [1.807, 2.05) is 10.7 Å². The maximum Gasteiger partial charge on any atom is 0.116 e. The summed E-state index contributed by atoms with van der Waals surface area (Å²) in [5.74, 6) is 0. The van der Waals surface area contributed by atoms with Gasteiger partial charge in [-0.3, -0.25) is 0 Å². The van der Waals surface area contributed by atoms with Gasteiger partial charge in [-0.2, -0.15) is 0 Å². The molecule has 5 nitrogen and oxygen atoms in total. The number of benzene rings is 1. The summed E-state index contributed by atoms with van der Waals surface area (Å²) in [4.78, 5) is 2.46. The molecule has 1 saturated heterocycles. The first-order chi connectivity index (χ1) is 10.3. The maximum absolute atomic E-state index is 9.52. The van der Waals surface area contributed by atoms with Crippen LogP contribution < -0.4 is 0 Å². The van der Waals surface area contributed by atoms with Crippen LogP contribution in [0.3, 0.4) is 0 Å². The minimum Gasteiger partial charge on any atom is -0.390 e. The van der Waals surface area contributed by atoms with Crippen molar-refractivity contribution in [3.05, 3.63) is 35.5 Å². The fourth-order valence-electron chi connectivity index (χ4n) is 2.96. The Kier molecular flexibility index (Phi) is 4.31. The standard InChI is InChI=1S/C16H22N4O/c1-13-5-4-6-14(11-13)16-15(12-21)17-18-20(16)10-9-19-7-2-3-8-19/h4-6,11,21H,2-3,7-10,12H2,1H3. The Bertz CT molecular complexity index is 602. The zero-order valence-corrected chi connectivity index (χ0v) is 12.5. The van der Waals surface area contributed by atoms with Crippen LogP contribution in [0.25, 0.3) is 11.3 Å². The molecule has 1 fully saturated rings. The van der Waals surface area contributed by atoms with Crippen molar-refractivity contribution in [2.75, 3.05) is 19.6 Å². The van der Waals surface area contributed by atoms with Gasteiger partial charge in [-0.05, 0) is 38.9 Å². The molecule has 1 aromatic carbocycles. The molecule has 0 aliphatic carbocycles. The van der Waals surface area contributed by atoms with E-state index in [4.69, 9.17) is 0 Å². The van der Waals surface area contributed by atoms with Gasteiger partial charge in [-0.1, -0.05) is 29.0 Å². The van der Waals surface area contributed by atoms with Crippen molar-refractivity contribution in [1.29, 1.82) is 0 Å². The van der Waals surface area contributed by atoms with E-state index in [0.29, 0.717) is 5.69 Å². The molecule has 0 unspecified atom stereocenters. The highest BCUT2D eigenvalue weighted by Crippen LogP contribution is 2.23. The van der Waals surface area contributed by atoms with Gasteiger partial charge >= 0.3 is 0 Å². The van der Waals surface area contributed by atoms with Crippen LogP contribution in [0.2, 0.25) is 0 Å². The first-order valence-electron chi connectivity index (χ1n) is 7.60. The number of aromatic nitrogens is 3. The highest BCUT2D eigenvalue weighted by molar-refractivity contribution is 5.62. The molecule has 1 aromatic heterocycles. The van der Waals surface area contributed by atoms with Crippen LogP contribution in [-0.2, 0) is 13.2 Å². The van der Waals surface area contributed by atoms with Crippen LogP contribution in [0.4, 0.5) is 0 Å². The van der Waals surface area contributed by atoms with Gasteiger partial charge in [0.15, 0.2) is 0 Å². The van der Waals surface area contributed by atoms with Gasteiger partial charge in [0.05, 0.1) is 18.8 Å². The van der Waals surface area contributed by atoms with Gasteiger partial charge in [-0.25, -0.2) is 4.68 Å². The first kappa shape index (κ1) is 14.2. The number of aliphatic hydroxyl groups is 1. The number of hydrogen-bond acceptors (Lipinski definition) is 4. The smallest absolute Gasteiger partial charge is 0.116 e.